The van der Waals surface area contributed by atoms with E-state index in [9.17, 15) is 18.0 Å². The summed E-state index contributed by atoms with van der Waals surface area (Å²) >= 11 is 0. The summed E-state index contributed by atoms with van der Waals surface area (Å²) in [6.45, 7) is 4.05. The fourth-order valence-electron chi connectivity index (χ4n) is 4.82. The predicted molar refractivity (Wildman–Crippen MR) is 120 cm³/mol. The first-order valence-corrected chi connectivity index (χ1v) is 11.3. The highest BCUT2D eigenvalue weighted by Crippen LogP contribution is 2.32. The molecule has 2 aromatic heterocycles. The van der Waals surface area contributed by atoms with Crippen LogP contribution in [-0.4, -0.2) is 47.0 Å². The zero-order valence-electron chi connectivity index (χ0n) is 18.5. The number of alkyl halides is 3. The number of halogens is 3. The van der Waals surface area contributed by atoms with Gasteiger partial charge in [-0.15, -0.1) is 0 Å². The molecular weight excluding hydrogens is 429 g/mol. The lowest BCUT2D eigenvalue weighted by Crippen LogP contribution is -2.49. The predicted octanol–water partition coefficient (Wildman–Crippen LogP) is 4.80. The first-order chi connectivity index (χ1) is 15.8. The highest BCUT2D eigenvalue weighted by molar-refractivity contribution is 6.08. The van der Waals surface area contributed by atoms with E-state index in [1.807, 2.05) is 34.9 Å². The van der Waals surface area contributed by atoms with Crippen LogP contribution in [0, 0.1) is 6.92 Å². The molecule has 172 valence electrons. The van der Waals surface area contributed by atoms with Gasteiger partial charge in [-0.05, 0) is 62.4 Å². The number of aryl methyl sites for hydroxylation is 2. The zero-order chi connectivity index (χ0) is 23.2. The minimum absolute atomic E-state index is 0.0196. The molecule has 3 heterocycles. The molecule has 1 aliphatic heterocycles. The van der Waals surface area contributed by atoms with Gasteiger partial charge in [0, 0.05) is 43.5 Å². The van der Waals surface area contributed by atoms with Crippen molar-refractivity contribution in [2.45, 2.75) is 38.8 Å². The molecule has 3 aromatic rings. The molecular formula is C25H25F3N4O. The van der Waals surface area contributed by atoms with E-state index in [1.54, 1.807) is 0 Å². The van der Waals surface area contributed by atoms with Crippen molar-refractivity contribution in [2.24, 2.45) is 0 Å². The van der Waals surface area contributed by atoms with Crippen LogP contribution in [0.2, 0.25) is 0 Å². The molecule has 0 saturated carbocycles. The normalized spacial score (nSPS) is 16.7. The van der Waals surface area contributed by atoms with Crippen LogP contribution in [0.5, 0.6) is 0 Å². The topological polar surface area (TPSA) is 49.3 Å². The van der Waals surface area contributed by atoms with Crippen LogP contribution in [0.1, 0.15) is 45.6 Å². The molecule has 0 bridgehead atoms. The summed E-state index contributed by atoms with van der Waals surface area (Å²) in [6.07, 6.45) is 0.366. The lowest BCUT2D eigenvalue weighted by Gasteiger charge is -2.36. The molecule has 2 aliphatic rings. The maximum Gasteiger partial charge on any atom is 0.417 e. The smallest absolute Gasteiger partial charge is 0.353 e. The van der Waals surface area contributed by atoms with E-state index in [2.05, 4.69) is 4.98 Å². The Labute approximate surface area is 190 Å². The fourth-order valence-corrected chi connectivity index (χ4v) is 4.82. The van der Waals surface area contributed by atoms with Crippen molar-refractivity contribution in [1.82, 2.24) is 14.9 Å². The summed E-state index contributed by atoms with van der Waals surface area (Å²) in [4.78, 5) is 26.4. The van der Waals surface area contributed by atoms with Gasteiger partial charge in [-0.1, -0.05) is 11.6 Å². The monoisotopic (exact) mass is 454 g/mol. The van der Waals surface area contributed by atoms with E-state index in [0.717, 1.165) is 71.2 Å². The number of piperazine rings is 1. The van der Waals surface area contributed by atoms with Crippen LogP contribution >= 0.6 is 0 Å². The lowest BCUT2D eigenvalue weighted by molar-refractivity contribution is -0.137. The fraction of sp³-hybridized carbons (Fsp3) is 0.400. The number of rotatable bonds is 2. The van der Waals surface area contributed by atoms with Gasteiger partial charge >= 0.3 is 6.18 Å². The molecule has 33 heavy (non-hydrogen) atoms. The van der Waals surface area contributed by atoms with Crippen molar-refractivity contribution >= 4 is 22.6 Å². The Morgan fingerprint density at radius 1 is 1.00 bits per heavy atom. The number of carbonyl (C=O) groups is 1. The highest BCUT2D eigenvalue weighted by Gasteiger charge is 2.32. The summed E-state index contributed by atoms with van der Waals surface area (Å²) in [5.74, 6) is 0.517. The van der Waals surface area contributed by atoms with E-state index in [4.69, 9.17) is 4.98 Å². The molecule has 1 fully saturated rings. The summed E-state index contributed by atoms with van der Waals surface area (Å²) in [5.41, 5.74) is 4.08. The van der Waals surface area contributed by atoms with Crippen LogP contribution in [0.4, 0.5) is 19.0 Å². The third-order valence-corrected chi connectivity index (χ3v) is 6.60. The number of aromatic nitrogens is 2. The number of hydrogen-bond acceptors (Lipinski definition) is 4. The van der Waals surface area contributed by atoms with Gasteiger partial charge in [0.25, 0.3) is 5.91 Å². The number of carbonyl (C=O) groups excluding carboxylic acids is 1. The molecule has 0 N–H and O–H groups in total. The zero-order valence-corrected chi connectivity index (χ0v) is 18.5. The summed E-state index contributed by atoms with van der Waals surface area (Å²) < 4.78 is 38.5. The van der Waals surface area contributed by atoms with Crippen LogP contribution < -0.4 is 4.90 Å². The minimum atomic E-state index is -4.40. The van der Waals surface area contributed by atoms with Crippen molar-refractivity contribution in [3.8, 4) is 0 Å². The number of amides is 1. The number of nitrogens with zero attached hydrogens (tertiary/aromatic N) is 4. The van der Waals surface area contributed by atoms with Gasteiger partial charge in [-0.25, -0.2) is 4.98 Å². The third-order valence-electron chi connectivity index (χ3n) is 6.60. The number of pyridine rings is 2. The second kappa shape index (κ2) is 8.32. The van der Waals surface area contributed by atoms with Crippen LogP contribution in [0.3, 0.4) is 0 Å². The van der Waals surface area contributed by atoms with Gasteiger partial charge in [0.15, 0.2) is 0 Å². The SMILES string of the molecule is Cc1ccc2nc3c(c(C(=O)N4CCN(c5ccc(C(F)(F)F)cn5)CC4)c2c1)CCCC3. The van der Waals surface area contributed by atoms with Crippen molar-refractivity contribution < 1.29 is 18.0 Å². The first-order valence-electron chi connectivity index (χ1n) is 11.3. The van der Waals surface area contributed by atoms with Gasteiger partial charge in [-0.3, -0.25) is 9.78 Å². The molecule has 0 atom stereocenters. The van der Waals surface area contributed by atoms with Crippen molar-refractivity contribution in [1.29, 1.82) is 0 Å². The second-order valence-corrected chi connectivity index (χ2v) is 8.82. The van der Waals surface area contributed by atoms with E-state index in [0.29, 0.717) is 32.0 Å². The molecule has 1 aromatic carbocycles. The van der Waals surface area contributed by atoms with Gasteiger partial charge < -0.3 is 9.80 Å². The Morgan fingerprint density at radius 2 is 1.76 bits per heavy atom. The molecule has 1 aliphatic carbocycles. The third kappa shape index (κ3) is 4.14. The number of benzene rings is 1. The molecule has 0 spiro atoms. The Kier molecular flexibility index (Phi) is 5.46. The Hall–Kier alpha value is -3.16. The van der Waals surface area contributed by atoms with Crippen LogP contribution in [-0.2, 0) is 19.0 Å². The molecule has 1 amide bonds. The van der Waals surface area contributed by atoms with Crippen molar-refractivity contribution in [3.05, 3.63) is 64.5 Å². The average molecular weight is 454 g/mol. The maximum absolute atomic E-state index is 13.7. The maximum atomic E-state index is 13.7. The standard InChI is InChI=1S/C25H25F3N4O/c1-16-6-8-21-19(14-16)23(18-4-2-3-5-20(18)30-21)24(33)32-12-10-31(11-13-32)22-9-7-17(15-29-22)25(26,27)28/h6-9,14-15H,2-5,10-13H2,1H3. The Morgan fingerprint density at radius 3 is 2.45 bits per heavy atom. The lowest BCUT2D eigenvalue weighted by atomic mass is 9.89. The summed E-state index contributed by atoms with van der Waals surface area (Å²) in [5, 5.41) is 0.910. The van der Waals surface area contributed by atoms with Crippen LogP contribution in [0.25, 0.3) is 10.9 Å². The molecule has 5 rings (SSSR count). The number of hydrogen-bond donors (Lipinski definition) is 0. The quantitative estimate of drug-likeness (QED) is 0.558. The van der Waals surface area contributed by atoms with Gasteiger partial charge in [0.2, 0.25) is 0 Å². The van der Waals surface area contributed by atoms with Gasteiger partial charge in [0.1, 0.15) is 5.82 Å². The Bertz CT molecular complexity index is 1200. The van der Waals surface area contributed by atoms with Crippen LogP contribution in [0.15, 0.2) is 36.5 Å². The number of fused-ring (bicyclic) bond motifs is 2. The van der Waals surface area contributed by atoms with E-state index in [1.165, 1.54) is 6.07 Å². The largest absolute Gasteiger partial charge is 0.417 e. The minimum Gasteiger partial charge on any atom is -0.353 e. The Balaban J connectivity index is 1.39. The molecule has 8 heteroatoms. The van der Waals surface area contributed by atoms with Gasteiger partial charge in [0.05, 0.1) is 16.6 Å². The summed E-state index contributed by atoms with van der Waals surface area (Å²) in [7, 11) is 0. The van der Waals surface area contributed by atoms with E-state index < -0.39 is 11.7 Å². The average Bonchev–Trinajstić information content (AvgIpc) is 2.82. The summed E-state index contributed by atoms with van der Waals surface area (Å²) in [6, 6.07) is 8.51. The van der Waals surface area contributed by atoms with E-state index in [-0.39, 0.29) is 5.91 Å². The molecule has 1 saturated heterocycles. The number of anilines is 1. The second-order valence-electron chi connectivity index (χ2n) is 8.82. The highest BCUT2D eigenvalue weighted by atomic mass is 19.4. The molecule has 0 unspecified atom stereocenters. The van der Waals surface area contributed by atoms with Gasteiger partial charge in [-0.2, -0.15) is 13.2 Å². The van der Waals surface area contributed by atoms with Crippen molar-refractivity contribution in [3.63, 3.8) is 0 Å². The molecule has 5 nitrogen and oxygen atoms in total. The van der Waals surface area contributed by atoms with Crippen molar-refractivity contribution in [2.75, 3.05) is 31.1 Å². The van der Waals surface area contributed by atoms with E-state index >= 15 is 0 Å². The molecule has 0 radical (unpaired) electrons. The first kappa shape index (κ1) is 21.7.